The number of phenols is 1. The Labute approximate surface area is 147 Å². The Balaban J connectivity index is 1.93. The number of carbonyl (C=O) groups excluding carboxylic acids is 1. The van der Waals surface area contributed by atoms with Crippen LogP contribution in [0.25, 0.3) is 10.8 Å². The number of aromatic hydroxyl groups is 1. The van der Waals surface area contributed by atoms with E-state index in [1.165, 1.54) is 6.07 Å². The lowest BCUT2D eigenvalue weighted by Gasteiger charge is -2.23. The quantitative estimate of drug-likeness (QED) is 0.744. The molecule has 25 heavy (non-hydrogen) atoms. The predicted molar refractivity (Wildman–Crippen MR) is 99.6 cm³/mol. The number of hydrogen-bond acceptors (Lipinski definition) is 3. The molecule has 3 rings (SSSR count). The summed E-state index contributed by atoms with van der Waals surface area (Å²) in [6.45, 7) is 6.10. The first-order valence-electron chi connectivity index (χ1n) is 8.41. The third kappa shape index (κ3) is 3.48. The van der Waals surface area contributed by atoms with Crippen molar-refractivity contribution in [3.63, 3.8) is 0 Å². The molecule has 3 aromatic rings. The smallest absolute Gasteiger partial charge is 0.251 e. The number of rotatable bonds is 4. The van der Waals surface area contributed by atoms with Crippen molar-refractivity contribution >= 4 is 16.7 Å². The molecular formula is C21H22N2O2. The molecule has 0 saturated heterocycles. The number of benzene rings is 2. The Morgan fingerprint density at radius 3 is 2.60 bits per heavy atom. The molecule has 1 heterocycles. The van der Waals surface area contributed by atoms with Crippen molar-refractivity contribution in [2.45, 2.75) is 26.8 Å². The number of nitrogens with zero attached hydrogens (tertiary/aromatic N) is 1. The van der Waals surface area contributed by atoms with Gasteiger partial charge in [-0.15, -0.1) is 0 Å². The van der Waals surface area contributed by atoms with Crippen molar-refractivity contribution in [3.8, 4) is 5.75 Å². The number of fused-ring (bicyclic) bond motifs is 1. The molecular weight excluding hydrogens is 312 g/mol. The van der Waals surface area contributed by atoms with E-state index in [9.17, 15) is 9.90 Å². The lowest BCUT2D eigenvalue weighted by atomic mass is 9.96. The molecule has 0 aliphatic rings. The first-order valence-corrected chi connectivity index (χ1v) is 8.41. The molecule has 0 spiro atoms. The van der Waals surface area contributed by atoms with E-state index in [-0.39, 0.29) is 23.6 Å². The molecule has 2 aromatic carbocycles. The van der Waals surface area contributed by atoms with Gasteiger partial charge in [-0.05, 0) is 42.0 Å². The van der Waals surface area contributed by atoms with Crippen molar-refractivity contribution < 1.29 is 9.90 Å². The molecule has 0 aliphatic carbocycles. The first kappa shape index (κ1) is 17.0. The van der Waals surface area contributed by atoms with Crippen molar-refractivity contribution in [2.24, 2.45) is 5.92 Å². The number of phenolic OH excluding ortho intramolecular Hbond substituents is 1. The maximum absolute atomic E-state index is 12.8. The number of hydrogen-bond donors (Lipinski definition) is 2. The zero-order valence-electron chi connectivity index (χ0n) is 14.7. The number of aromatic nitrogens is 1. The van der Waals surface area contributed by atoms with E-state index < -0.39 is 0 Å². The fourth-order valence-electron chi connectivity index (χ4n) is 3.02. The first-order chi connectivity index (χ1) is 12.0. The third-order valence-corrected chi connectivity index (χ3v) is 4.40. The van der Waals surface area contributed by atoms with Crippen LogP contribution < -0.4 is 5.32 Å². The Kier molecular flexibility index (Phi) is 4.70. The van der Waals surface area contributed by atoms with Crippen molar-refractivity contribution in [2.75, 3.05) is 0 Å². The van der Waals surface area contributed by atoms with Gasteiger partial charge in [-0.3, -0.25) is 9.78 Å². The second kappa shape index (κ2) is 6.93. The largest absolute Gasteiger partial charge is 0.507 e. The number of pyridine rings is 1. The SMILES string of the molecule is Cc1cccnc1[C@@H](NC(=O)c1cc(O)c2ccccc2c1)C(C)C. The number of carbonyl (C=O) groups is 1. The van der Waals surface area contributed by atoms with Crippen LogP contribution in [0.3, 0.4) is 0 Å². The summed E-state index contributed by atoms with van der Waals surface area (Å²) in [5.74, 6) is 0.0785. The molecule has 0 radical (unpaired) electrons. The van der Waals surface area contributed by atoms with E-state index in [1.54, 1.807) is 12.3 Å². The molecule has 1 atom stereocenters. The number of amides is 1. The van der Waals surface area contributed by atoms with Gasteiger partial charge in [0.1, 0.15) is 5.75 Å². The molecule has 0 bridgehead atoms. The van der Waals surface area contributed by atoms with Crippen LogP contribution in [-0.2, 0) is 0 Å². The minimum Gasteiger partial charge on any atom is -0.507 e. The highest BCUT2D eigenvalue weighted by atomic mass is 16.3. The average Bonchev–Trinajstić information content (AvgIpc) is 2.60. The highest BCUT2D eigenvalue weighted by Crippen LogP contribution is 2.28. The van der Waals surface area contributed by atoms with Crippen molar-refractivity contribution in [3.05, 3.63) is 71.5 Å². The van der Waals surface area contributed by atoms with Gasteiger partial charge in [-0.1, -0.05) is 44.2 Å². The van der Waals surface area contributed by atoms with E-state index >= 15 is 0 Å². The van der Waals surface area contributed by atoms with Crippen LogP contribution in [0.2, 0.25) is 0 Å². The van der Waals surface area contributed by atoms with Crippen molar-refractivity contribution in [1.29, 1.82) is 0 Å². The monoisotopic (exact) mass is 334 g/mol. The summed E-state index contributed by atoms with van der Waals surface area (Å²) in [4.78, 5) is 17.2. The maximum atomic E-state index is 12.8. The van der Waals surface area contributed by atoms with Gasteiger partial charge in [0.25, 0.3) is 5.91 Å². The molecule has 2 N–H and O–H groups in total. The average molecular weight is 334 g/mol. The Morgan fingerprint density at radius 1 is 1.12 bits per heavy atom. The summed E-state index contributed by atoms with van der Waals surface area (Å²) >= 11 is 0. The van der Waals surface area contributed by atoms with Gasteiger partial charge in [0.15, 0.2) is 0 Å². The van der Waals surface area contributed by atoms with E-state index in [0.717, 1.165) is 22.0 Å². The molecule has 4 nitrogen and oxygen atoms in total. The van der Waals surface area contributed by atoms with Crippen LogP contribution in [0, 0.1) is 12.8 Å². The molecule has 128 valence electrons. The standard InChI is InChI=1S/C21H22N2O2/c1-13(2)19(20-14(3)7-6-10-22-20)23-21(25)16-11-15-8-4-5-9-17(15)18(24)12-16/h4-13,19,24H,1-3H3,(H,23,25)/t19-/m0/s1. The van der Waals surface area contributed by atoms with Gasteiger partial charge in [-0.2, -0.15) is 0 Å². The summed E-state index contributed by atoms with van der Waals surface area (Å²) in [6.07, 6.45) is 1.74. The molecule has 4 heteroatoms. The third-order valence-electron chi connectivity index (χ3n) is 4.40. The fourth-order valence-corrected chi connectivity index (χ4v) is 3.02. The maximum Gasteiger partial charge on any atom is 0.251 e. The van der Waals surface area contributed by atoms with E-state index in [0.29, 0.717) is 5.56 Å². The minimum atomic E-state index is -0.218. The molecule has 0 unspecified atom stereocenters. The molecule has 0 saturated carbocycles. The zero-order chi connectivity index (χ0) is 18.0. The summed E-state index contributed by atoms with van der Waals surface area (Å²) in [7, 11) is 0. The predicted octanol–water partition coefficient (Wildman–Crippen LogP) is 4.38. The van der Waals surface area contributed by atoms with E-state index in [4.69, 9.17) is 0 Å². The van der Waals surface area contributed by atoms with Crippen LogP contribution in [0.4, 0.5) is 0 Å². The van der Waals surface area contributed by atoms with Gasteiger partial charge in [0.05, 0.1) is 11.7 Å². The molecule has 1 aromatic heterocycles. The zero-order valence-corrected chi connectivity index (χ0v) is 14.7. The summed E-state index contributed by atoms with van der Waals surface area (Å²) in [5, 5.41) is 14.9. The topological polar surface area (TPSA) is 62.2 Å². The van der Waals surface area contributed by atoms with Crippen LogP contribution >= 0.6 is 0 Å². The summed E-state index contributed by atoms with van der Waals surface area (Å²) < 4.78 is 0. The van der Waals surface area contributed by atoms with Crippen LogP contribution in [-0.4, -0.2) is 16.0 Å². The van der Waals surface area contributed by atoms with E-state index in [1.807, 2.05) is 43.3 Å². The van der Waals surface area contributed by atoms with Crippen molar-refractivity contribution in [1.82, 2.24) is 10.3 Å². The molecule has 0 fully saturated rings. The van der Waals surface area contributed by atoms with E-state index in [2.05, 4.69) is 24.1 Å². The van der Waals surface area contributed by atoms with Crippen LogP contribution in [0.1, 0.15) is 41.5 Å². The van der Waals surface area contributed by atoms with Gasteiger partial charge >= 0.3 is 0 Å². The van der Waals surface area contributed by atoms with Crippen LogP contribution in [0.15, 0.2) is 54.7 Å². The highest BCUT2D eigenvalue weighted by Gasteiger charge is 2.22. The lowest BCUT2D eigenvalue weighted by Crippen LogP contribution is -2.32. The Bertz CT molecular complexity index is 919. The number of aryl methyl sites for hydroxylation is 1. The summed E-state index contributed by atoms with van der Waals surface area (Å²) in [6, 6.07) is 14.5. The lowest BCUT2D eigenvalue weighted by molar-refractivity contribution is 0.0924. The number of nitrogens with one attached hydrogen (secondary N) is 1. The normalized spacial score (nSPS) is 12.3. The summed E-state index contributed by atoms with van der Waals surface area (Å²) in [5.41, 5.74) is 2.36. The molecule has 1 amide bonds. The van der Waals surface area contributed by atoms with Gasteiger partial charge < -0.3 is 10.4 Å². The van der Waals surface area contributed by atoms with Crippen LogP contribution in [0.5, 0.6) is 5.75 Å². The Hall–Kier alpha value is -2.88. The second-order valence-electron chi connectivity index (χ2n) is 6.62. The van der Waals surface area contributed by atoms with Gasteiger partial charge in [-0.25, -0.2) is 0 Å². The highest BCUT2D eigenvalue weighted by molar-refractivity contribution is 6.00. The van der Waals surface area contributed by atoms with Gasteiger partial charge in [0.2, 0.25) is 0 Å². The second-order valence-corrected chi connectivity index (χ2v) is 6.62. The Morgan fingerprint density at radius 2 is 1.88 bits per heavy atom. The fraction of sp³-hybridized carbons (Fsp3) is 0.238. The molecule has 0 aliphatic heterocycles. The van der Waals surface area contributed by atoms with Gasteiger partial charge in [0, 0.05) is 17.1 Å². The minimum absolute atomic E-state index is 0.110.